The van der Waals surface area contributed by atoms with Gasteiger partial charge in [0, 0.05) is 31.4 Å². The molecule has 0 radical (unpaired) electrons. The van der Waals surface area contributed by atoms with E-state index in [1.54, 1.807) is 0 Å². The van der Waals surface area contributed by atoms with Crippen LogP contribution in [0.4, 0.5) is 5.69 Å². The zero-order valence-corrected chi connectivity index (χ0v) is 25.5. The fraction of sp³-hybridized carbons (Fsp3) is 0.571. The molecule has 2 aromatic rings. The minimum atomic E-state index is 0.0502. The predicted molar refractivity (Wildman–Crippen MR) is 167 cm³/mol. The monoisotopic (exact) mass is 545 g/mol. The van der Waals surface area contributed by atoms with Gasteiger partial charge in [-0.3, -0.25) is 9.69 Å². The van der Waals surface area contributed by atoms with E-state index in [-0.39, 0.29) is 6.04 Å². The summed E-state index contributed by atoms with van der Waals surface area (Å²) >= 11 is 0. The third-order valence-electron chi connectivity index (χ3n) is 8.61. The topological polar surface area (TPSA) is 36.0 Å². The number of hydrogen-bond donors (Lipinski definition) is 0. The lowest BCUT2D eigenvalue weighted by Crippen LogP contribution is -2.57. The van der Waals surface area contributed by atoms with Crippen LogP contribution in [0.1, 0.15) is 72.3 Å². The summed E-state index contributed by atoms with van der Waals surface area (Å²) in [6.45, 7) is 16.4. The Morgan fingerprint density at radius 3 is 2.35 bits per heavy atom. The molecule has 0 aliphatic carbocycles. The molecule has 5 heteroatoms. The average Bonchev–Trinajstić information content (AvgIpc) is 2.96. The first kappa shape index (κ1) is 30.2. The summed E-state index contributed by atoms with van der Waals surface area (Å²) in [4.78, 5) is 21.0. The Balaban J connectivity index is 1.39. The van der Waals surface area contributed by atoms with E-state index < -0.39 is 0 Å². The molecule has 2 saturated heterocycles. The van der Waals surface area contributed by atoms with Crippen molar-refractivity contribution < 1.29 is 9.53 Å². The van der Waals surface area contributed by atoms with Gasteiger partial charge in [0.2, 0.25) is 5.91 Å². The predicted octanol–water partition coefficient (Wildman–Crippen LogP) is 7.18. The lowest BCUT2D eigenvalue weighted by molar-refractivity contribution is -0.141. The van der Waals surface area contributed by atoms with Gasteiger partial charge in [-0.1, -0.05) is 62.8 Å². The van der Waals surface area contributed by atoms with Gasteiger partial charge in [0.25, 0.3) is 0 Å². The zero-order chi connectivity index (χ0) is 28.5. The van der Waals surface area contributed by atoms with Crippen LogP contribution in [0.2, 0.25) is 0 Å². The van der Waals surface area contributed by atoms with Crippen molar-refractivity contribution in [1.29, 1.82) is 0 Å². The third-order valence-corrected chi connectivity index (χ3v) is 8.61. The summed E-state index contributed by atoms with van der Waals surface area (Å²) < 4.78 is 6.04. The molecule has 5 nitrogen and oxygen atoms in total. The normalized spacial score (nSPS) is 20.4. The number of amides is 1. The Morgan fingerprint density at radius 2 is 1.70 bits per heavy atom. The van der Waals surface area contributed by atoms with Crippen LogP contribution in [-0.2, 0) is 11.4 Å². The molecule has 2 heterocycles. The molecule has 2 aromatic carbocycles. The fourth-order valence-corrected chi connectivity index (χ4v) is 6.15. The van der Waals surface area contributed by atoms with Gasteiger partial charge in [-0.2, -0.15) is 0 Å². The van der Waals surface area contributed by atoms with Gasteiger partial charge >= 0.3 is 0 Å². The van der Waals surface area contributed by atoms with Gasteiger partial charge in [-0.05, 0) is 101 Å². The van der Waals surface area contributed by atoms with Crippen LogP contribution in [0.15, 0.2) is 66.2 Å². The van der Waals surface area contributed by atoms with Crippen LogP contribution in [0.5, 0.6) is 5.75 Å². The maximum atomic E-state index is 13.8. The maximum absolute atomic E-state index is 13.8. The van der Waals surface area contributed by atoms with Crippen molar-refractivity contribution in [1.82, 2.24) is 9.80 Å². The molecular formula is C35H51N3O2. The number of benzene rings is 2. The summed E-state index contributed by atoms with van der Waals surface area (Å²) in [5.41, 5.74) is 3.71. The number of hydrogen-bond acceptors (Lipinski definition) is 4. The van der Waals surface area contributed by atoms with Gasteiger partial charge in [-0.15, -0.1) is 0 Å². The van der Waals surface area contributed by atoms with E-state index >= 15 is 0 Å². The lowest BCUT2D eigenvalue weighted by Gasteiger charge is -2.44. The van der Waals surface area contributed by atoms with Crippen molar-refractivity contribution in [2.24, 2.45) is 11.8 Å². The fourth-order valence-electron chi connectivity index (χ4n) is 6.15. The smallest absolute Gasteiger partial charge is 0.240 e. The highest BCUT2D eigenvalue weighted by Crippen LogP contribution is 2.30. The van der Waals surface area contributed by atoms with Crippen molar-refractivity contribution in [3.8, 4) is 5.75 Å². The highest BCUT2D eigenvalue weighted by atomic mass is 16.5. The van der Waals surface area contributed by atoms with Crippen molar-refractivity contribution in [2.75, 3.05) is 37.6 Å². The van der Waals surface area contributed by atoms with E-state index in [1.807, 2.05) is 18.2 Å². The SMILES string of the molecule is CC(C)=CCN(c1ccc(OCc2ccccc2)cc1)C1CCN(C(=O)C2C(C)CCCN2CCC(C)C)CC1. The van der Waals surface area contributed by atoms with Gasteiger partial charge in [0.1, 0.15) is 12.4 Å². The number of carbonyl (C=O) groups is 1. The number of nitrogens with zero attached hydrogens (tertiary/aromatic N) is 3. The third kappa shape index (κ3) is 8.36. The molecule has 2 unspecified atom stereocenters. The second-order valence-electron chi connectivity index (χ2n) is 12.5. The summed E-state index contributed by atoms with van der Waals surface area (Å²) in [6, 6.07) is 19.3. The Labute approximate surface area is 243 Å². The van der Waals surface area contributed by atoms with E-state index in [4.69, 9.17) is 4.74 Å². The summed E-state index contributed by atoms with van der Waals surface area (Å²) in [6.07, 6.45) is 7.85. The van der Waals surface area contributed by atoms with Crippen LogP contribution < -0.4 is 9.64 Å². The molecule has 0 spiro atoms. The standard InChI is InChI=1S/C35H51N3O2/c1-27(2)17-22-36-21-9-10-29(5)34(36)35(39)37-23-19-32(20-24-37)38(25-18-28(3)4)31-13-15-33(16-14-31)40-26-30-11-7-6-8-12-30/h6-8,11-16,18,27,29,32,34H,9-10,17,19-26H2,1-5H3. The molecule has 1 amide bonds. The van der Waals surface area contributed by atoms with E-state index in [9.17, 15) is 4.79 Å². The molecule has 4 rings (SSSR count). The molecule has 0 N–H and O–H groups in total. The van der Waals surface area contributed by atoms with Gasteiger partial charge < -0.3 is 14.5 Å². The summed E-state index contributed by atoms with van der Waals surface area (Å²) in [5, 5.41) is 0. The molecule has 2 aliphatic rings. The Hall–Kier alpha value is -2.79. The molecule has 2 aliphatic heterocycles. The van der Waals surface area contributed by atoms with Gasteiger partial charge in [0.15, 0.2) is 0 Å². The first-order chi connectivity index (χ1) is 19.3. The van der Waals surface area contributed by atoms with E-state index in [2.05, 4.69) is 91.8 Å². The number of piperidine rings is 2. The zero-order valence-electron chi connectivity index (χ0n) is 25.5. The number of ether oxygens (including phenoxy) is 1. The molecule has 2 fully saturated rings. The molecule has 2 atom stereocenters. The van der Waals surface area contributed by atoms with E-state index in [0.29, 0.717) is 30.4 Å². The molecule has 0 bridgehead atoms. The molecular weight excluding hydrogens is 494 g/mol. The molecule has 40 heavy (non-hydrogen) atoms. The largest absolute Gasteiger partial charge is 0.489 e. The van der Waals surface area contributed by atoms with Gasteiger partial charge in [0.05, 0.1) is 6.04 Å². The number of carbonyl (C=O) groups excluding carboxylic acids is 1. The van der Waals surface area contributed by atoms with Crippen molar-refractivity contribution in [3.05, 3.63) is 71.8 Å². The van der Waals surface area contributed by atoms with Crippen LogP contribution >= 0.6 is 0 Å². The Bertz CT molecular complexity index is 1070. The quantitative estimate of drug-likeness (QED) is 0.280. The Kier molecular flexibility index (Phi) is 11.1. The highest BCUT2D eigenvalue weighted by Gasteiger charge is 2.38. The maximum Gasteiger partial charge on any atom is 0.240 e. The second kappa shape index (κ2) is 14.7. The minimum Gasteiger partial charge on any atom is -0.489 e. The van der Waals surface area contributed by atoms with Crippen LogP contribution in [0.3, 0.4) is 0 Å². The van der Waals surface area contributed by atoms with Crippen molar-refractivity contribution in [3.63, 3.8) is 0 Å². The Morgan fingerprint density at radius 1 is 1.00 bits per heavy atom. The van der Waals surface area contributed by atoms with Crippen molar-refractivity contribution >= 4 is 11.6 Å². The van der Waals surface area contributed by atoms with Crippen LogP contribution in [0.25, 0.3) is 0 Å². The van der Waals surface area contributed by atoms with Gasteiger partial charge in [-0.25, -0.2) is 0 Å². The summed E-state index contributed by atoms with van der Waals surface area (Å²) in [5.74, 6) is 2.35. The minimum absolute atomic E-state index is 0.0502. The van der Waals surface area contributed by atoms with E-state index in [1.165, 1.54) is 23.2 Å². The van der Waals surface area contributed by atoms with Crippen LogP contribution in [0, 0.1) is 11.8 Å². The first-order valence-corrected chi connectivity index (χ1v) is 15.5. The number of likely N-dealkylation sites (tertiary alicyclic amines) is 2. The molecule has 218 valence electrons. The second-order valence-corrected chi connectivity index (χ2v) is 12.5. The lowest BCUT2D eigenvalue weighted by atomic mass is 9.88. The first-order valence-electron chi connectivity index (χ1n) is 15.5. The highest BCUT2D eigenvalue weighted by molar-refractivity contribution is 5.82. The van der Waals surface area contributed by atoms with E-state index in [0.717, 1.165) is 64.2 Å². The molecule has 0 aromatic heterocycles. The number of rotatable bonds is 11. The summed E-state index contributed by atoms with van der Waals surface area (Å²) in [7, 11) is 0. The number of allylic oxidation sites excluding steroid dienone is 1. The number of anilines is 1. The molecule has 0 saturated carbocycles. The average molecular weight is 546 g/mol. The van der Waals surface area contributed by atoms with Crippen LogP contribution in [-0.4, -0.2) is 60.5 Å². The van der Waals surface area contributed by atoms with Crippen molar-refractivity contribution in [2.45, 2.75) is 85.4 Å².